The van der Waals surface area contributed by atoms with Crippen molar-refractivity contribution in [2.24, 2.45) is 5.73 Å². The fourth-order valence-corrected chi connectivity index (χ4v) is 2.69. The maximum Gasteiger partial charge on any atom is 0.0550 e. The molecule has 0 amide bonds. The first-order valence-corrected chi connectivity index (χ1v) is 5.32. The first kappa shape index (κ1) is 10.0. The number of rotatable bonds is 3. The van der Waals surface area contributed by atoms with E-state index < -0.39 is 0 Å². The van der Waals surface area contributed by atoms with Gasteiger partial charge in [-0.1, -0.05) is 25.4 Å². The zero-order valence-electron chi connectivity index (χ0n) is 7.43. The van der Waals surface area contributed by atoms with E-state index in [1.165, 1.54) is 9.75 Å². The second-order valence-electron chi connectivity index (χ2n) is 3.12. The molecule has 1 rings (SSSR count). The van der Waals surface area contributed by atoms with E-state index in [-0.39, 0.29) is 0 Å². The molecule has 0 saturated heterocycles. The molecular weight excluding hydrogens is 190 g/mol. The molecule has 0 radical (unpaired) electrons. The smallest absolute Gasteiger partial charge is 0.0550 e. The van der Waals surface area contributed by atoms with Gasteiger partial charge in [0.05, 0.1) is 5.02 Å². The SMILES string of the molecule is CC(C)c1sc(CCN)cc1Cl. The highest BCUT2D eigenvalue weighted by molar-refractivity contribution is 7.12. The highest BCUT2D eigenvalue weighted by atomic mass is 35.5. The molecule has 0 aliphatic rings. The monoisotopic (exact) mass is 203 g/mol. The van der Waals surface area contributed by atoms with Crippen LogP contribution in [0.3, 0.4) is 0 Å². The maximum absolute atomic E-state index is 6.05. The lowest BCUT2D eigenvalue weighted by molar-refractivity contribution is 0.890. The molecule has 0 unspecified atom stereocenters. The van der Waals surface area contributed by atoms with Crippen LogP contribution in [0.5, 0.6) is 0 Å². The van der Waals surface area contributed by atoms with Crippen molar-refractivity contribution in [3.63, 3.8) is 0 Å². The fourth-order valence-electron chi connectivity index (χ4n) is 1.09. The van der Waals surface area contributed by atoms with Crippen LogP contribution >= 0.6 is 22.9 Å². The Morgan fingerprint density at radius 2 is 2.25 bits per heavy atom. The summed E-state index contributed by atoms with van der Waals surface area (Å²) in [6.45, 7) is 5.02. The van der Waals surface area contributed by atoms with Crippen LogP contribution in [0.2, 0.25) is 5.02 Å². The van der Waals surface area contributed by atoms with Gasteiger partial charge in [-0.3, -0.25) is 0 Å². The van der Waals surface area contributed by atoms with Gasteiger partial charge in [-0.25, -0.2) is 0 Å². The van der Waals surface area contributed by atoms with Gasteiger partial charge in [0, 0.05) is 9.75 Å². The Morgan fingerprint density at radius 1 is 1.58 bits per heavy atom. The standard InChI is InChI=1S/C9H14ClNS/c1-6(2)9-8(10)5-7(12-9)3-4-11/h5-6H,3-4,11H2,1-2H3. The summed E-state index contributed by atoms with van der Waals surface area (Å²) in [5.41, 5.74) is 5.46. The van der Waals surface area contributed by atoms with Gasteiger partial charge in [-0.15, -0.1) is 11.3 Å². The third-order valence-electron chi connectivity index (χ3n) is 1.68. The molecule has 0 atom stereocenters. The molecule has 0 spiro atoms. The van der Waals surface area contributed by atoms with Crippen molar-refractivity contribution in [3.05, 3.63) is 20.8 Å². The Hall–Kier alpha value is -0.0500. The molecule has 1 aromatic rings. The Morgan fingerprint density at radius 3 is 2.67 bits per heavy atom. The second-order valence-corrected chi connectivity index (χ2v) is 4.69. The van der Waals surface area contributed by atoms with Crippen LogP contribution in [0.4, 0.5) is 0 Å². The first-order chi connectivity index (χ1) is 5.65. The second kappa shape index (κ2) is 4.26. The van der Waals surface area contributed by atoms with Crippen molar-refractivity contribution in [1.29, 1.82) is 0 Å². The summed E-state index contributed by atoms with van der Waals surface area (Å²) in [7, 11) is 0. The van der Waals surface area contributed by atoms with Crippen molar-refractivity contribution < 1.29 is 0 Å². The predicted octanol–water partition coefficient (Wildman–Crippen LogP) is 3.03. The molecule has 1 aromatic heterocycles. The Kier molecular flexibility index (Phi) is 3.56. The van der Waals surface area contributed by atoms with Gasteiger partial charge in [0.25, 0.3) is 0 Å². The molecule has 0 aliphatic heterocycles. The molecule has 68 valence electrons. The predicted molar refractivity (Wildman–Crippen MR) is 56.2 cm³/mol. The largest absolute Gasteiger partial charge is 0.330 e. The van der Waals surface area contributed by atoms with Crippen LogP contribution in [0.25, 0.3) is 0 Å². The summed E-state index contributed by atoms with van der Waals surface area (Å²) in [6, 6.07) is 2.04. The highest BCUT2D eigenvalue weighted by Crippen LogP contribution is 2.32. The lowest BCUT2D eigenvalue weighted by Gasteiger charge is -1.99. The molecule has 12 heavy (non-hydrogen) atoms. The fraction of sp³-hybridized carbons (Fsp3) is 0.556. The van der Waals surface area contributed by atoms with Crippen LogP contribution in [-0.2, 0) is 6.42 Å². The molecule has 0 aromatic carbocycles. The molecular formula is C9H14ClNS. The van der Waals surface area contributed by atoms with Gasteiger partial charge in [-0.05, 0) is 24.9 Å². The van der Waals surface area contributed by atoms with Crippen LogP contribution in [0, 0.1) is 0 Å². The van der Waals surface area contributed by atoms with Gasteiger partial charge in [-0.2, -0.15) is 0 Å². The summed E-state index contributed by atoms with van der Waals surface area (Å²) < 4.78 is 0. The van der Waals surface area contributed by atoms with Crippen molar-refractivity contribution in [3.8, 4) is 0 Å². The number of hydrogen-bond acceptors (Lipinski definition) is 2. The molecule has 1 heterocycles. The molecule has 2 N–H and O–H groups in total. The Bertz CT molecular complexity index is 255. The van der Waals surface area contributed by atoms with Crippen LogP contribution in [0.15, 0.2) is 6.07 Å². The first-order valence-electron chi connectivity index (χ1n) is 4.13. The van der Waals surface area contributed by atoms with Gasteiger partial charge < -0.3 is 5.73 Å². The molecule has 1 nitrogen and oxygen atoms in total. The summed E-state index contributed by atoms with van der Waals surface area (Å²) in [5.74, 6) is 0.522. The van der Waals surface area contributed by atoms with E-state index in [1.54, 1.807) is 11.3 Å². The number of hydrogen-bond donors (Lipinski definition) is 1. The highest BCUT2D eigenvalue weighted by Gasteiger charge is 2.09. The molecule has 0 aliphatic carbocycles. The van der Waals surface area contributed by atoms with Crippen LogP contribution in [0.1, 0.15) is 29.5 Å². The van der Waals surface area contributed by atoms with Crippen molar-refractivity contribution in [2.45, 2.75) is 26.2 Å². The lowest BCUT2D eigenvalue weighted by Crippen LogP contribution is -2.00. The van der Waals surface area contributed by atoms with E-state index in [4.69, 9.17) is 17.3 Å². The zero-order chi connectivity index (χ0) is 9.14. The Labute approximate surface area is 82.5 Å². The van der Waals surface area contributed by atoms with E-state index >= 15 is 0 Å². The lowest BCUT2D eigenvalue weighted by atomic mass is 10.2. The van der Waals surface area contributed by atoms with Crippen molar-refractivity contribution in [2.75, 3.05) is 6.54 Å². The minimum Gasteiger partial charge on any atom is -0.330 e. The number of thiophene rings is 1. The minimum atomic E-state index is 0.522. The molecule has 0 fully saturated rings. The summed E-state index contributed by atoms with van der Waals surface area (Å²) in [6.07, 6.45) is 0.942. The molecule has 0 saturated carbocycles. The Balaban J connectivity index is 2.85. The van der Waals surface area contributed by atoms with E-state index in [0.29, 0.717) is 12.5 Å². The summed E-state index contributed by atoms with van der Waals surface area (Å²) >= 11 is 7.83. The quantitative estimate of drug-likeness (QED) is 0.803. The van der Waals surface area contributed by atoms with Crippen molar-refractivity contribution in [1.82, 2.24) is 0 Å². The summed E-state index contributed by atoms with van der Waals surface area (Å²) in [4.78, 5) is 2.58. The molecule has 3 heteroatoms. The maximum atomic E-state index is 6.05. The van der Waals surface area contributed by atoms with Gasteiger partial charge in [0.1, 0.15) is 0 Å². The summed E-state index contributed by atoms with van der Waals surface area (Å²) in [5, 5.41) is 0.901. The van der Waals surface area contributed by atoms with Gasteiger partial charge >= 0.3 is 0 Å². The third-order valence-corrected chi connectivity index (χ3v) is 3.60. The topological polar surface area (TPSA) is 26.0 Å². The van der Waals surface area contributed by atoms with E-state index in [2.05, 4.69) is 13.8 Å². The van der Waals surface area contributed by atoms with Crippen molar-refractivity contribution >= 4 is 22.9 Å². The number of nitrogens with two attached hydrogens (primary N) is 1. The average Bonchev–Trinajstić information content (AvgIpc) is 2.32. The van der Waals surface area contributed by atoms with Crippen LogP contribution in [-0.4, -0.2) is 6.54 Å². The van der Waals surface area contributed by atoms with Gasteiger partial charge in [0.2, 0.25) is 0 Å². The normalized spacial score (nSPS) is 11.1. The minimum absolute atomic E-state index is 0.522. The number of halogens is 1. The van der Waals surface area contributed by atoms with E-state index in [9.17, 15) is 0 Å². The van der Waals surface area contributed by atoms with Crippen LogP contribution < -0.4 is 5.73 Å². The van der Waals surface area contributed by atoms with E-state index in [0.717, 1.165) is 11.4 Å². The van der Waals surface area contributed by atoms with E-state index in [1.807, 2.05) is 6.07 Å². The van der Waals surface area contributed by atoms with Gasteiger partial charge in [0.15, 0.2) is 0 Å². The average molecular weight is 204 g/mol. The third kappa shape index (κ3) is 2.22. The zero-order valence-corrected chi connectivity index (χ0v) is 9.00. The molecule has 0 bridgehead atoms.